The summed E-state index contributed by atoms with van der Waals surface area (Å²) in [5.74, 6) is -3.36. The van der Waals surface area contributed by atoms with Gasteiger partial charge in [0.05, 0.1) is 0 Å². The summed E-state index contributed by atoms with van der Waals surface area (Å²) in [5, 5.41) is 11.2. The molecule has 0 amide bonds. The molecule has 6 aliphatic heterocycles. The molecular formula is C6H3N3O9P2. The lowest BCUT2D eigenvalue weighted by molar-refractivity contribution is -0.307. The van der Waals surface area contributed by atoms with Crippen molar-refractivity contribution in [2.45, 2.75) is 5.97 Å². The lowest BCUT2D eigenvalue weighted by Gasteiger charge is -2.39. The van der Waals surface area contributed by atoms with Crippen molar-refractivity contribution in [2.24, 2.45) is 0 Å². The Balaban J connectivity index is 1.88. The first-order chi connectivity index (χ1) is 9.38. The molecule has 12 nitrogen and oxygen atoms in total. The summed E-state index contributed by atoms with van der Waals surface area (Å²) in [6, 6.07) is 0. The molecule has 7 rings (SSSR count). The summed E-state index contributed by atoms with van der Waals surface area (Å²) in [7, 11) is -8.42. The third-order valence-corrected chi connectivity index (χ3v) is 5.33. The molecule has 2 unspecified atom stereocenters. The van der Waals surface area contributed by atoms with Crippen LogP contribution >= 0.6 is 15.6 Å². The first kappa shape index (κ1) is 11.4. The maximum Gasteiger partial charge on any atom is 0.594 e. The number of aliphatic hydroxyl groups is 1. The van der Waals surface area contributed by atoms with Crippen LogP contribution in [0, 0.1) is 0 Å². The minimum absolute atomic E-state index is 0.113. The van der Waals surface area contributed by atoms with Gasteiger partial charge in [0.2, 0.25) is 11.8 Å². The fourth-order valence-corrected chi connectivity index (χ4v) is 4.49. The Bertz CT molecular complexity index is 737. The van der Waals surface area contributed by atoms with Crippen LogP contribution in [0.1, 0.15) is 5.56 Å². The van der Waals surface area contributed by atoms with Crippen LogP contribution in [0.15, 0.2) is 0 Å². The Labute approximate surface area is 109 Å². The smallest absolute Gasteiger partial charge is 0.375 e. The van der Waals surface area contributed by atoms with Gasteiger partial charge < -0.3 is 14.2 Å². The van der Waals surface area contributed by atoms with Gasteiger partial charge in [-0.25, -0.2) is 18.2 Å². The molecule has 0 aromatic carbocycles. The van der Waals surface area contributed by atoms with Crippen LogP contribution in [0.25, 0.3) is 0 Å². The van der Waals surface area contributed by atoms with Gasteiger partial charge in [-0.3, -0.25) is 4.52 Å². The zero-order chi connectivity index (χ0) is 13.8. The van der Waals surface area contributed by atoms with E-state index in [1.165, 1.54) is 0 Å². The molecule has 1 aromatic rings. The van der Waals surface area contributed by atoms with Crippen LogP contribution in [0.2, 0.25) is 0 Å². The second kappa shape index (κ2) is 3.00. The molecule has 8 bridgehead atoms. The molecule has 1 N–H and O–H groups in total. The number of hydroxylamine groups is 1. The minimum atomic E-state index is -4.23. The van der Waals surface area contributed by atoms with Gasteiger partial charge in [-0.1, -0.05) is 0 Å². The highest BCUT2D eigenvalue weighted by molar-refractivity contribution is 7.50. The Morgan fingerprint density at radius 3 is 2.50 bits per heavy atom. The van der Waals surface area contributed by atoms with E-state index in [-0.39, 0.29) is 30.0 Å². The van der Waals surface area contributed by atoms with Crippen LogP contribution in [0.3, 0.4) is 0 Å². The fourth-order valence-electron chi connectivity index (χ4n) is 2.03. The zero-order valence-electron chi connectivity index (χ0n) is 9.16. The van der Waals surface area contributed by atoms with Gasteiger partial charge in [-0.2, -0.15) is 19.7 Å². The number of phosphoric acid groups is 2. The van der Waals surface area contributed by atoms with E-state index in [1.807, 2.05) is 0 Å². The normalized spacial score (nSPS) is 43.0. The van der Waals surface area contributed by atoms with Gasteiger partial charge in [-0.05, 0) is 0 Å². The second-order valence-electron chi connectivity index (χ2n) is 4.07. The molecule has 20 heavy (non-hydrogen) atoms. The van der Waals surface area contributed by atoms with Gasteiger partial charge in [0, 0.05) is 0 Å². The summed E-state index contributed by atoms with van der Waals surface area (Å²) < 4.78 is 53.4. The third-order valence-electron chi connectivity index (χ3n) is 2.77. The number of hydrogen-bond donors (Lipinski definition) is 1. The molecule has 0 saturated carbocycles. The second-order valence-corrected chi connectivity index (χ2v) is 7.01. The molecule has 1 fully saturated rings. The lowest BCUT2D eigenvalue weighted by Crippen LogP contribution is -2.40. The monoisotopic (exact) mass is 323 g/mol. The van der Waals surface area contributed by atoms with Crippen molar-refractivity contribution in [2.75, 3.05) is 11.8 Å². The summed E-state index contributed by atoms with van der Waals surface area (Å²) in [6.45, 7) is -0.316. The molecule has 1 saturated heterocycles. The minimum Gasteiger partial charge on any atom is -0.375 e. The number of rotatable bonds is 0. The molecule has 6 aliphatic rings. The van der Waals surface area contributed by atoms with E-state index >= 15 is 0 Å². The van der Waals surface area contributed by atoms with Crippen molar-refractivity contribution in [3.8, 4) is 11.8 Å². The summed E-state index contributed by atoms with van der Waals surface area (Å²) in [6.07, 6.45) is 0. The number of anilines is 1. The van der Waals surface area contributed by atoms with E-state index < -0.39 is 21.6 Å². The van der Waals surface area contributed by atoms with E-state index in [0.717, 1.165) is 5.06 Å². The predicted octanol–water partition coefficient (Wildman–Crippen LogP) is 0.353. The summed E-state index contributed by atoms with van der Waals surface area (Å²) in [5.41, 5.74) is -0.296. The Hall–Kier alpha value is -1.26. The first-order valence-corrected chi connectivity index (χ1v) is 8.08. The maximum atomic E-state index is 12.2. The van der Waals surface area contributed by atoms with E-state index in [0.29, 0.717) is 0 Å². The van der Waals surface area contributed by atoms with Crippen molar-refractivity contribution in [1.82, 2.24) is 9.97 Å². The van der Waals surface area contributed by atoms with Gasteiger partial charge in [0.25, 0.3) is 5.95 Å². The van der Waals surface area contributed by atoms with Crippen LogP contribution in [0.5, 0.6) is 11.8 Å². The van der Waals surface area contributed by atoms with Crippen LogP contribution in [-0.2, 0) is 33.3 Å². The van der Waals surface area contributed by atoms with Crippen LogP contribution in [0.4, 0.5) is 5.95 Å². The van der Waals surface area contributed by atoms with Gasteiger partial charge in [0.1, 0.15) is 0 Å². The standard InChI is InChI=1S/C6H3N3O9P2/c10-6-2-3-7-5(9-1-13-19(11,16-6)18-9)8-4(2)15-20(12,14-3)17-6/h10H,1H2. The molecule has 2 atom stereocenters. The van der Waals surface area contributed by atoms with Crippen LogP contribution < -0.4 is 14.1 Å². The fraction of sp³-hybridized carbons (Fsp3) is 0.333. The van der Waals surface area contributed by atoms with Gasteiger partial charge in [0.15, 0.2) is 12.3 Å². The largest absolute Gasteiger partial charge is 0.594 e. The maximum absolute atomic E-state index is 12.2. The first-order valence-electron chi connectivity index (χ1n) is 5.16. The zero-order valence-corrected chi connectivity index (χ0v) is 10.9. The van der Waals surface area contributed by atoms with E-state index in [2.05, 4.69) is 9.97 Å². The highest BCUT2D eigenvalue weighted by atomic mass is 31.2. The lowest BCUT2D eigenvalue weighted by atomic mass is 10.2. The molecule has 7 heterocycles. The summed E-state index contributed by atoms with van der Waals surface area (Å²) in [4.78, 5) is 7.76. The quantitative estimate of drug-likeness (QED) is 0.659. The third kappa shape index (κ3) is 1.24. The average molecular weight is 323 g/mol. The van der Waals surface area contributed by atoms with Crippen molar-refractivity contribution in [3.63, 3.8) is 0 Å². The number of aromatic nitrogens is 2. The number of hydrogen-bond acceptors (Lipinski definition) is 12. The van der Waals surface area contributed by atoms with Crippen molar-refractivity contribution in [1.29, 1.82) is 0 Å². The van der Waals surface area contributed by atoms with Crippen molar-refractivity contribution in [3.05, 3.63) is 5.56 Å². The van der Waals surface area contributed by atoms with Gasteiger partial charge in [-0.15, -0.1) is 0 Å². The van der Waals surface area contributed by atoms with Crippen molar-refractivity contribution >= 4 is 21.6 Å². The van der Waals surface area contributed by atoms with Crippen LogP contribution in [-0.4, -0.2) is 21.8 Å². The van der Waals surface area contributed by atoms with E-state index in [9.17, 15) is 14.2 Å². The molecular weight excluding hydrogens is 320 g/mol. The van der Waals surface area contributed by atoms with E-state index in [4.69, 9.17) is 27.2 Å². The highest BCUT2D eigenvalue weighted by Gasteiger charge is 2.65. The van der Waals surface area contributed by atoms with Gasteiger partial charge >= 0.3 is 21.6 Å². The number of phosphoric ester groups is 2. The highest BCUT2D eigenvalue weighted by Crippen LogP contribution is 2.71. The molecule has 1 aromatic heterocycles. The topological polar surface area (TPSA) is 139 Å². The Kier molecular flexibility index (Phi) is 1.71. The van der Waals surface area contributed by atoms with E-state index in [1.54, 1.807) is 0 Å². The SMILES string of the molecule is O=P12Oc3nc4nc(c3C(O)(O1)OP1(=O)OCN4O1)O2. The average Bonchev–Trinajstić information content (AvgIpc) is 2.67. The summed E-state index contributed by atoms with van der Waals surface area (Å²) >= 11 is 0. The Morgan fingerprint density at radius 2 is 1.80 bits per heavy atom. The molecule has 0 radical (unpaired) electrons. The Morgan fingerprint density at radius 1 is 1.15 bits per heavy atom. The molecule has 106 valence electrons. The number of nitrogens with zero attached hydrogens (tertiary/aromatic N) is 3. The molecule has 0 aliphatic carbocycles. The molecule has 14 heteroatoms. The van der Waals surface area contributed by atoms with Crippen molar-refractivity contribution < 1.29 is 41.5 Å². The predicted molar refractivity (Wildman–Crippen MR) is 54.1 cm³/mol. The molecule has 0 spiro atoms.